The molecule has 3 nitrogen and oxygen atoms in total. The van der Waals surface area contributed by atoms with Crippen molar-refractivity contribution in [3.63, 3.8) is 0 Å². The zero-order valence-electron chi connectivity index (χ0n) is 11.4. The highest BCUT2D eigenvalue weighted by molar-refractivity contribution is 5.92. The Balaban J connectivity index is 2.56. The van der Waals surface area contributed by atoms with Gasteiger partial charge in [0.2, 0.25) is 5.43 Å². The second-order valence-electron chi connectivity index (χ2n) is 4.94. The lowest BCUT2D eigenvalue weighted by atomic mass is 10.0. The fraction of sp³-hybridized carbons (Fsp3) is 0.176. The van der Waals surface area contributed by atoms with Crippen molar-refractivity contribution < 1.29 is 4.42 Å². The number of fused-ring (bicyclic) bond motifs is 2. The number of nitriles is 1. The number of hydrogen-bond acceptors (Lipinski definition) is 3. The van der Waals surface area contributed by atoms with E-state index in [0.29, 0.717) is 21.9 Å². The summed E-state index contributed by atoms with van der Waals surface area (Å²) in [7, 11) is 0. The first kappa shape index (κ1) is 12.4. The molecule has 3 aromatic rings. The second-order valence-corrected chi connectivity index (χ2v) is 4.94. The van der Waals surface area contributed by atoms with Crippen LogP contribution in [0, 0.1) is 25.2 Å². The largest absolute Gasteiger partial charge is 0.455 e. The molecule has 2 aromatic carbocycles. The predicted molar refractivity (Wildman–Crippen MR) is 78.8 cm³/mol. The summed E-state index contributed by atoms with van der Waals surface area (Å²) in [4.78, 5) is 12.6. The van der Waals surface area contributed by atoms with Crippen molar-refractivity contribution in [2.75, 3.05) is 0 Å². The van der Waals surface area contributed by atoms with E-state index in [0.717, 1.165) is 16.7 Å². The summed E-state index contributed by atoms with van der Waals surface area (Å²) in [5, 5.41) is 10.0. The first-order chi connectivity index (χ1) is 9.63. The summed E-state index contributed by atoms with van der Waals surface area (Å²) >= 11 is 0. The minimum atomic E-state index is -0.0378. The Labute approximate surface area is 116 Å². The summed E-state index contributed by atoms with van der Waals surface area (Å²) < 4.78 is 5.97. The number of hydrogen-bond donors (Lipinski definition) is 0. The molecule has 0 radical (unpaired) electrons. The van der Waals surface area contributed by atoms with Gasteiger partial charge >= 0.3 is 0 Å². The lowest BCUT2D eigenvalue weighted by Crippen LogP contribution is -2.04. The number of para-hydroxylation sites is 1. The van der Waals surface area contributed by atoms with Gasteiger partial charge in [0.25, 0.3) is 0 Å². The van der Waals surface area contributed by atoms with E-state index in [9.17, 15) is 4.79 Å². The van der Waals surface area contributed by atoms with Crippen molar-refractivity contribution in [1.29, 1.82) is 5.26 Å². The van der Waals surface area contributed by atoms with Gasteiger partial charge in [0.1, 0.15) is 11.2 Å². The summed E-state index contributed by atoms with van der Waals surface area (Å²) in [6, 6.07) is 11.2. The SMILES string of the molecule is Cc1ccc2c(=O)c3cccc(CC#N)c3oc2c1C. The summed E-state index contributed by atoms with van der Waals surface area (Å²) in [6.45, 7) is 3.93. The van der Waals surface area contributed by atoms with Gasteiger partial charge < -0.3 is 4.42 Å². The number of rotatable bonds is 1. The third-order valence-electron chi connectivity index (χ3n) is 3.74. The average Bonchev–Trinajstić information content (AvgIpc) is 2.45. The van der Waals surface area contributed by atoms with Gasteiger partial charge in [0, 0.05) is 5.56 Å². The van der Waals surface area contributed by atoms with Gasteiger partial charge in [-0.3, -0.25) is 4.79 Å². The van der Waals surface area contributed by atoms with Crippen LogP contribution in [0.2, 0.25) is 0 Å². The van der Waals surface area contributed by atoms with Gasteiger partial charge in [-0.1, -0.05) is 18.2 Å². The lowest BCUT2D eigenvalue weighted by Gasteiger charge is -2.08. The zero-order valence-corrected chi connectivity index (χ0v) is 11.4. The first-order valence-electron chi connectivity index (χ1n) is 6.45. The second kappa shape index (κ2) is 4.50. The van der Waals surface area contributed by atoms with Crippen molar-refractivity contribution in [3.8, 4) is 6.07 Å². The molecule has 0 spiro atoms. The Bertz CT molecular complexity index is 930. The maximum absolute atomic E-state index is 12.6. The third-order valence-corrected chi connectivity index (χ3v) is 3.74. The fourth-order valence-electron chi connectivity index (χ4n) is 2.46. The average molecular weight is 263 g/mol. The smallest absolute Gasteiger partial charge is 0.200 e. The van der Waals surface area contributed by atoms with Gasteiger partial charge in [0.05, 0.1) is 23.3 Å². The van der Waals surface area contributed by atoms with Crippen LogP contribution in [0.3, 0.4) is 0 Å². The van der Waals surface area contributed by atoms with E-state index >= 15 is 0 Å². The molecule has 0 unspecified atom stereocenters. The molecule has 0 aliphatic carbocycles. The van der Waals surface area contributed by atoms with Crippen LogP contribution < -0.4 is 5.43 Å². The van der Waals surface area contributed by atoms with Crippen LogP contribution in [0.15, 0.2) is 39.5 Å². The van der Waals surface area contributed by atoms with Crippen LogP contribution in [0.1, 0.15) is 16.7 Å². The van der Waals surface area contributed by atoms with E-state index in [1.54, 1.807) is 18.2 Å². The number of nitrogens with zero attached hydrogens (tertiary/aromatic N) is 1. The molecule has 0 aliphatic rings. The molecule has 0 N–H and O–H groups in total. The van der Waals surface area contributed by atoms with Gasteiger partial charge in [-0.2, -0.15) is 5.26 Å². The fourth-order valence-corrected chi connectivity index (χ4v) is 2.46. The summed E-state index contributed by atoms with van der Waals surface area (Å²) in [5.41, 5.74) is 3.91. The van der Waals surface area contributed by atoms with Crippen LogP contribution in [0.5, 0.6) is 0 Å². The van der Waals surface area contributed by atoms with E-state index in [4.69, 9.17) is 9.68 Å². The van der Waals surface area contributed by atoms with Gasteiger partial charge in [-0.15, -0.1) is 0 Å². The Morgan fingerprint density at radius 1 is 1.10 bits per heavy atom. The molecule has 1 heterocycles. The third kappa shape index (κ3) is 1.70. The van der Waals surface area contributed by atoms with E-state index in [1.165, 1.54) is 0 Å². The molecule has 0 saturated carbocycles. The molecule has 98 valence electrons. The van der Waals surface area contributed by atoms with Gasteiger partial charge in [-0.05, 0) is 37.1 Å². The highest BCUT2D eigenvalue weighted by Gasteiger charge is 2.12. The Hall–Kier alpha value is -2.60. The number of benzene rings is 2. The Morgan fingerprint density at radius 3 is 2.60 bits per heavy atom. The van der Waals surface area contributed by atoms with Crippen molar-refractivity contribution >= 4 is 21.9 Å². The molecule has 0 atom stereocenters. The maximum Gasteiger partial charge on any atom is 0.200 e. The Kier molecular flexibility index (Phi) is 2.80. The molecule has 0 aliphatic heterocycles. The molecule has 0 fully saturated rings. The van der Waals surface area contributed by atoms with E-state index in [-0.39, 0.29) is 11.8 Å². The molecular weight excluding hydrogens is 250 g/mol. The van der Waals surface area contributed by atoms with Gasteiger partial charge in [-0.25, -0.2) is 0 Å². The minimum Gasteiger partial charge on any atom is -0.455 e. The van der Waals surface area contributed by atoms with Crippen LogP contribution in [0.25, 0.3) is 21.9 Å². The Morgan fingerprint density at radius 2 is 1.85 bits per heavy atom. The van der Waals surface area contributed by atoms with E-state index in [2.05, 4.69) is 6.07 Å². The summed E-state index contributed by atoms with van der Waals surface area (Å²) in [5.74, 6) is 0. The lowest BCUT2D eigenvalue weighted by molar-refractivity contribution is 0.652. The van der Waals surface area contributed by atoms with Crippen LogP contribution >= 0.6 is 0 Å². The minimum absolute atomic E-state index is 0.0378. The van der Waals surface area contributed by atoms with Gasteiger partial charge in [0.15, 0.2) is 0 Å². The zero-order chi connectivity index (χ0) is 14.3. The summed E-state index contributed by atoms with van der Waals surface area (Å²) in [6.07, 6.45) is 0.233. The molecule has 1 aromatic heterocycles. The number of aryl methyl sites for hydroxylation is 2. The molecule has 0 saturated heterocycles. The van der Waals surface area contributed by atoms with E-state index < -0.39 is 0 Å². The quantitative estimate of drug-likeness (QED) is 0.630. The van der Waals surface area contributed by atoms with Crippen LogP contribution in [-0.4, -0.2) is 0 Å². The molecule has 3 rings (SSSR count). The molecular formula is C17H13NO2. The normalized spacial score (nSPS) is 10.8. The first-order valence-corrected chi connectivity index (χ1v) is 6.45. The standard InChI is InChI=1S/C17H13NO2/c1-10-6-7-14-15(19)13-5-3-4-12(8-9-18)17(13)20-16(14)11(10)2/h3-7H,8H2,1-2H3. The van der Waals surface area contributed by atoms with Crippen molar-refractivity contribution in [2.24, 2.45) is 0 Å². The topological polar surface area (TPSA) is 54.0 Å². The van der Waals surface area contributed by atoms with E-state index in [1.807, 2.05) is 26.0 Å². The monoisotopic (exact) mass is 263 g/mol. The van der Waals surface area contributed by atoms with Crippen molar-refractivity contribution in [1.82, 2.24) is 0 Å². The van der Waals surface area contributed by atoms with Crippen molar-refractivity contribution in [2.45, 2.75) is 20.3 Å². The molecule has 3 heteroatoms. The predicted octanol–water partition coefficient (Wildman–Crippen LogP) is 3.63. The van der Waals surface area contributed by atoms with Crippen molar-refractivity contribution in [3.05, 3.63) is 57.2 Å². The molecule has 20 heavy (non-hydrogen) atoms. The highest BCUT2D eigenvalue weighted by atomic mass is 16.3. The highest BCUT2D eigenvalue weighted by Crippen LogP contribution is 2.25. The molecule has 0 amide bonds. The molecule has 0 bridgehead atoms. The maximum atomic E-state index is 12.6. The van der Waals surface area contributed by atoms with Crippen LogP contribution in [-0.2, 0) is 6.42 Å². The van der Waals surface area contributed by atoms with Crippen LogP contribution in [0.4, 0.5) is 0 Å².